The SMILES string of the molecule is O=C(NC1CCCCC1)c1cn(C2CC2)cc(C(=O)N2CCC(c3nc4ccccc4[nH]3)CC2)c1=O. The minimum absolute atomic E-state index is 0.0930. The van der Waals surface area contributed by atoms with E-state index in [0.717, 1.165) is 68.2 Å². The van der Waals surface area contributed by atoms with E-state index in [0.29, 0.717) is 13.1 Å². The van der Waals surface area contributed by atoms with Crippen LogP contribution in [-0.4, -0.2) is 50.4 Å². The molecular weight excluding hydrogens is 454 g/mol. The average Bonchev–Trinajstić information content (AvgIpc) is 3.67. The van der Waals surface area contributed by atoms with Crippen molar-refractivity contribution in [1.82, 2.24) is 24.8 Å². The Morgan fingerprint density at radius 1 is 0.917 bits per heavy atom. The summed E-state index contributed by atoms with van der Waals surface area (Å²) in [4.78, 5) is 49.9. The molecule has 3 heterocycles. The zero-order chi connectivity index (χ0) is 24.6. The third-order valence-electron chi connectivity index (χ3n) is 8.01. The second-order valence-corrected chi connectivity index (χ2v) is 10.6. The summed E-state index contributed by atoms with van der Waals surface area (Å²) < 4.78 is 1.91. The molecule has 2 aromatic heterocycles. The number of amides is 2. The van der Waals surface area contributed by atoms with E-state index in [9.17, 15) is 14.4 Å². The van der Waals surface area contributed by atoms with E-state index in [-0.39, 0.29) is 40.9 Å². The third kappa shape index (κ3) is 4.56. The van der Waals surface area contributed by atoms with Gasteiger partial charge in [0, 0.05) is 43.5 Å². The Morgan fingerprint density at radius 2 is 1.64 bits per heavy atom. The minimum Gasteiger partial charge on any atom is -0.349 e. The first-order valence-corrected chi connectivity index (χ1v) is 13.4. The Labute approximate surface area is 210 Å². The number of carbonyl (C=O) groups is 2. The Balaban J connectivity index is 1.19. The minimum atomic E-state index is -0.454. The fraction of sp³-hybridized carbons (Fsp3) is 0.500. The summed E-state index contributed by atoms with van der Waals surface area (Å²) in [6.45, 7) is 1.11. The van der Waals surface area contributed by atoms with Gasteiger partial charge in [-0.3, -0.25) is 14.4 Å². The number of hydrogen-bond acceptors (Lipinski definition) is 4. The van der Waals surface area contributed by atoms with Gasteiger partial charge < -0.3 is 19.8 Å². The number of aromatic nitrogens is 3. The first-order valence-electron chi connectivity index (χ1n) is 13.4. The van der Waals surface area contributed by atoms with Crippen LogP contribution in [0.1, 0.15) is 96.3 Å². The summed E-state index contributed by atoms with van der Waals surface area (Å²) in [5.41, 5.74) is 1.73. The van der Waals surface area contributed by atoms with Crippen molar-refractivity contribution in [2.24, 2.45) is 0 Å². The van der Waals surface area contributed by atoms with Gasteiger partial charge in [0.2, 0.25) is 5.43 Å². The number of rotatable bonds is 5. The Hall–Kier alpha value is -3.42. The molecule has 0 unspecified atom stereocenters. The number of nitrogens with zero attached hydrogens (tertiary/aromatic N) is 3. The molecule has 0 atom stereocenters. The molecule has 2 aliphatic carbocycles. The summed E-state index contributed by atoms with van der Waals surface area (Å²) in [7, 11) is 0. The van der Waals surface area contributed by atoms with E-state index < -0.39 is 5.43 Å². The Bertz CT molecular complexity index is 1310. The second-order valence-electron chi connectivity index (χ2n) is 10.6. The number of piperidine rings is 1. The summed E-state index contributed by atoms with van der Waals surface area (Å²) in [5.74, 6) is 0.585. The zero-order valence-corrected chi connectivity index (χ0v) is 20.5. The van der Waals surface area contributed by atoms with Crippen LogP contribution in [0.4, 0.5) is 0 Å². The van der Waals surface area contributed by atoms with Gasteiger partial charge in [0.05, 0.1) is 11.0 Å². The number of likely N-dealkylation sites (tertiary alicyclic amines) is 1. The van der Waals surface area contributed by atoms with Crippen LogP contribution in [0.2, 0.25) is 0 Å². The van der Waals surface area contributed by atoms with Crippen LogP contribution in [0, 0.1) is 0 Å². The van der Waals surface area contributed by atoms with Gasteiger partial charge in [-0.1, -0.05) is 31.4 Å². The van der Waals surface area contributed by atoms with Gasteiger partial charge in [0.15, 0.2) is 0 Å². The number of nitrogens with one attached hydrogen (secondary N) is 2. The van der Waals surface area contributed by atoms with E-state index >= 15 is 0 Å². The molecule has 8 nitrogen and oxygen atoms in total. The van der Waals surface area contributed by atoms with Gasteiger partial charge in [-0.2, -0.15) is 0 Å². The highest BCUT2D eigenvalue weighted by molar-refractivity contribution is 5.99. The van der Waals surface area contributed by atoms with E-state index in [1.54, 1.807) is 17.3 Å². The van der Waals surface area contributed by atoms with Crippen molar-refractivity contribution in [1.29, 1.82) is 0 Å². The summed E-state index contributed by atoms with van der Waals surface area (Å²) in [6, 6.07) is 8.35. The lowest BCUT2D eigenvalue weighted by Crippen LogP contribution is -2.43. The Kier molecular flexibility index (Phi) is 6.11. The molecule has 8 heteroatoms. The van der Waals surface area contributed by atoms with Crippen molar-refractivity contribution < 1.29 is 9.59 Å². The van der Waals surface area contributed by atoms with Crippen LogP contribution >= 0.6 is 0 Å². The van der Waals surface area contributed by atoms with Crippen LogP contribution < -0.4 is 10.7 Å². The fourth-order valence-electron chi connectivity index (χ4n) is 5.70. The standard InChI is InChI=1S/C28H33N5O3/c34-25-21(27(35)29-19-6-2-1-3-7-19)16-33(20-10-11-20)17-22(25)28(36)32-14-12-18(13-15-32)26-30-23-8-4-5-9-24(23)31-26/h4-5,8-9,16-20H,1-3,6-7,10-15H2,(H,29,35)(H,30,31). The number of imidazole rings is 1. The number of para-hydroxylation sites is 2. The van der Waals surface area contributed by atoms with Crippen molar-refractivity contribution in [3.05, 3.63) is 63.8 Å². The molecule has 3 aliphatic rings. The number of carbonyl (C=O) groups excluding carboxylic acids is 2. The zero-order valence-electron chi connectivity index (χ0n) is 20.5. The van der Waals surface area contributed by atoms with E-state index in [1.165, 1.54) is 6.42 Å². The smallest absolute Gasteiger partial charge is 0.259 e. The first kappa shape index (κ1) is 23.0. The van der Waals surface area contributed by atoms with Crippen molar-refractivity contribution in [3.8, 4) is 0 Å². The highest BCUT2D eigenvalue weighted by Crippen LogP contribution is 2.35. The van der Waals surface area contributed by atoms with Crippen molar-refractivity contribution in [3.63, 3.8) is 0 Å². The van der Waals surface area contributed by atoms with Crippen LogP contribution in [0.5, 0.6) is 0 Å². The molecule has 2 saturated carbocycles. The van der Waals surface area contributed by atoms with E-state index in [1.807, 2.05) is 28.8 Å². The van der Waals surface area contributed by atoms with Crippen LogP contribution in [-0.2, 0) is 0 Å². The second kappa shape index (κ2) is 9.56. The quantitative estimate of drug-likeness (QED) is 0.565. The molecule has 3 fully saturated rings. The summed E-state index contributed by atoms with van der Waals surface area (Å²) in [6.07, 6.45) is 12.2. The van der Waals surface area contributed by atoms with Gasteiger partial charge >= 0.3 is 0 Å². The largest absolute Gasteiger partial charge is 0.349 e. The maximum atomic E-state index is 13.5. The number of pyridine rings is 1. The number of benzene rings is 1. The lowest BCUT2D eigenvalue weighted by Gasteiger charge is -2.31. The van der Waals surface area contributed by atoms with Gasteiger partial charge in [-0.15, -0.1) is 0 Å². The molecule has 188 valence electrons. The predicted molar refractivity (Wildman–Crippen MR) is 137 cm³/mol. The maximum absolute atomic E-state index is 13.5. The molecule has 0 bridgehead atoms. The normalized spacial score (nSPS) is 19.5. The van der Waals surface area contributed by atoms with E-state index in [4.69, 9.17) is 4.98 Å². The molecule has 1 saturated heterocycles. The topological polar surface area (TPSA) is 100 Å². The summed E-state index contributed by atoms with van der Waals surface area (Å²) >= 11 is 0. The Morgan fingerprint density at radius 3 is 2.36 bits per heavy atom. The molecule has 6 rings (SSSR count). The number of fused-ring (bicyclic) bond motifs is 1. The predicted octanol–water partition coefficient (Wildman–Crippen LogP) is 4.14. The number of H-pyrrole nitrogens is 1. The van der Waals surface area contributed by atoms with Crippen molar-refractivity contribution in [2.45, 2.75) is 75.8 Å². The molecule has 0 radical (unpaired) electrons. The molecule has 2 N–H and O–H groups in total. The molecule has 0 spiro atoms. The molecule has 1 aliphatic heterocycles. The lowest BCUT2D eigenvalue weighted by molar-refractivity contribution is 0.0709. The van der Waals surface area contributed by atoms with Gasteiger partial charge in [0.1, 0.15) is 17.0 Å². The summed E-state index contributed by atoms with van der Waals surface area (Å²) in [5, 5.41) is 3.06. The highest BCUT2D eigenvalue weighted by atomic mass is 16.2. The average molecular weight is 488 g/mol. The van der Waals surface area contributed by atoms with Crippen LogP contribution in [0.3, 0.4) is 0 Å². The van der Waals surface area contributed by atoms with E-state index in [2.05, 4.69) is 10.3 Å². The molecule has 3 aromatic rings. The maximum Gasteiger partial charge on any atom is 0.259 e. The lowest BCUT2D eigenvalue weighted by atomic mass is 9.95. The molecular formula is C28H33N5O3. The van der Waals surface area contributed by atoms with Gasteiger partial charge in [-0.05, 0) is 50.7 Å². The van der Waals surface area contributed by atoms with Crippen LogP contribution in [0.15, 0.2) is 41.5 Å². The number of hydrogen-bond donors (Lipinski definition) is 2. The molecule has 2 amide bonds. The van der Waals surface area contributed by atoms with Gasteiger partial charge in [-0.25, -0.2) is 4.98 Å². The van der Waals surface area contributed by atoms with Crippen molar-refractivity contribution in [2.75, 3.05) is 13.1 Å². The van der Waals surface area contributed by atoms with Crippen molar-refractivity contribution >= 4 is 22.8 Å². The third-order valence-corrected chi connectivity index (χ3v) is 8.01. The van der Waals surface area contributed by atoms with Crippen LogP contribution in [0.25, 0.3) is 11.0 Å². The molecule has 36 heavy (non-hydrogen) atoms. The fourth-order valence-corrected chi connectivity index (χ4v) is 5.70. The highest BCUT2D eigenvalue weighted by Gasteiger charge is 2.31. The van der Waals surface area contributed by atoms with Gasteiger partial charge in [0.25, 0.3) is 11.8 Å². The first-order chi connectivity index (χ1) is 17.6. The molecule has 1 aromatic carbocycles. The monoisotopic (exact) mass is 487 g/mol. The number of aromatic amines is 1.